The molecule has 4 nitrogen and oxygen atoms in total. The van der Waals surface area contributed by atoms with Crippen LogP contribution in [0.5, 0.6) is 0 Å². The Morgan fingerprint density at radius 3 is 2.93 bits per heavy atom. The highest BCUT2D eigenvalue weighted by Gasteiger charge is 2.06. The lowest BCUT2D eigenvalue weighted by molar-refractivity contribution is 0.0946. The highest BCUT2D eigenvalue weighted by Crippen LogP contribution is 1.97. The summed E-state index contributed by atoms with van der Waals surface area (Å²) >= 11 is 0. The molecule has 0 aliphatic heterocycles. The van der Waals surface area contributed by atoms with E-state index in [9.17, 15) is 4.79 Å². The number of hydrogen-bond donors (Lipinski definition) is 2. The summed E-state index contributed by atoms with van der Waals surface area (Å²) in [5.41, 5.74) is 6.78. The summed E-state index contributed by atoms with van der Waals surface area (Å²) in [4.78, 5) is 15.6. The van der Waals surface area contributed by atoms with E-state index in [-0.39, 0.29) is 11.9 Å². The molecule has 1 aromatic heterocycles. The topological polar surface area (TPSA) is 68.0 Å². The molecule has 3 N–H and O–H groups in total. The number of aryl methyl sites for hydroxylation is 1. The van der Waals surface area contributed by atoms with Gasteiger partial charge >= 0.3 is 0 Å². The molecule has 0 saturated heterocycles. The van der Waals surface area contributed by atoms with Crippen LogP contribution in [-0.4, -0.2) is 23.5 Å². The minimum Gasteiger partial charge on any atom is -0.349 e. The van der Waals surface area contributed by atoms with Crippen LogP contribution in [0.2, 0.25) is 0 Å². The summed E-state index contributed by atoms with van der Waals surface area (Å²) in [7, 11) is 0. The van der Waals surface area contributed by atoms with E-state index in [2.05, 4.69) is 10.3 Å². The Morgan fingerprint density at radius 1 is 1.64 bits per heavy atom. The van der Waals surface area contributed by atoms with Gasteiger partial charge in [0, 0.05) is 18.3 Å². The molecule has 0 aliphatic carbocycles. The highest BCUT2D eigenvalue weighted by molar-refractivity contribution is 5.92. The van der Waals surface area contributed by atoms with E-state index in [0.717, 1.165) is 5.69 Å². The van der Waals surface area contributed by atoms with Gasteiger partial charge in [0.25, 0.3) is 5.91 Å². The maximum atomic E-state index is 11.5. The first-order valence-electron chi connectivity index (χ1n) is 4.57. The van der Waals surface area contributed by atoms with Crippen molar-refractivity contribution in [2.24, 2.45) is 5.73 Å². The summed E-state index contributed by atoms with van der Waals surface area (Å²) in [6.45, 7) is 4.15. The number of nitrogens with one attached hydrogen (secondary N) is 1. The lowest BCUT2D eigenvalue weighted by atomic mass is 10.3. The molecule has 1 atom stereocenters. The monoisotopic (exact) mass is 193 g/mol. The Hall–Kier alpha value is -1.42. The summed E-state index contributed by atoms with van der Waals surface area (Å²) in [6.07, 6.45) is 0. The molecule has 76 valence electrons. The van der Waals surface area contributed by atoms with Crippen molar-refractivity contribution in [3.05, 3.63) is 29.6 Å². The molecule has 1 heterocycles. The van der Waals surface area contributed by atoms with Gasteiger partial charge < -0.3 is 11.1 Å². The maximum Gasteiger partial charge on any atom is 0.269 e. The molecule has 0 spiro atoms. The van der Waals surface area contributed by atoms with Crippen molar-refractivity contribution >= 4 is 5.91 Å². The van der Waals surface area contributed by atoms with Crippen molar-refractivity contribution in [2.45, 2.75) is 19.9 Å². The lowest BCUT2D eigenvalue weighted by Gasteiger charge is -2.07. The smallest absolute Gasteiger partial charge is 0.269 e. The van der Waals surface area contributed by atoms with Crippen LogP contribution in [0.1, 0.15) is 23.1 Å². The summed E-state index contributed by atoms with van der Waals surface area (Å²) in [5.74, 6) is -0.175. The quantitative estimate of drug-likeness (QED) is 0.733. The fourth-order valence-electron chi connectivity index (χ4n) is 1.01. The Labute approximate surface area is 83.5 Å². The Bertz CT molecular complexity index is 323. The molecule has 14 heavy (non-hydrogen) atoms. The van der Waals surface area contributed by atoms with Crippen LogP contribution in [0.3, 0.4) is 0 Å². The SMILES string of the molecule is Cc1cccc(C(=O)NCC(C)N)n1. The van der Waals surface area contributed by atoms with Gasteiger partial charge in [0.1, 0.15) is 5.69 Å². The molecule has 0 aliphatic rings. The second-order valence-corrected chi connectivity index (χ2v) is 3.35. The molecule has 1 unspecified atom stereocenters. The number of nitrogens with two attached hydrogens (primary N) is 1. The summed E-state index contributed by atoms with van der Waals surface area (Å²) < 4.78 is 0. The van der Waals surface area contributed by atoms with E-state index in [1.54, 1.807) is 6.07 Å². The number of aromatic nitrogens is 1. The number of carbonyl (C=O) groups is 1. The molecule has 0 bridgehead atoms. The van der Waals surface area contributed by atoms with Crippen molar-refractivity contribution in [2.75, 3.05) is 6.54 Å². The zero-order valence-corrected chi connectivity index (χ0v) is 8.45. The third-order valence-electron chi connectivity index (χ3n) is 1.71. The third-order valence-corrected chi connectivity index (χ3v) is 1.71. The van der Waals surface area contributed by atoms with Gasteiger partial charge in [-0.1, -0.05) is 6.07 Å². The van der Waals surface area contributed by atoms with Crippen LogP contribution in [-0.2, 0) is 0 Å². The van der Waals surface area contributed by atoms with E-state index >= 15 is 0 Å². The number of nitrogens with zero attached hydrogens (tertiary/aromatic N) is 1. The van der Waals surface area contributed by atoms with E-state index in [1.165, 1.54) is 0 Å². The van der Waals surface area contributed by atoms with Gasteiger partial charge in [-0.3, -0.25) is 4.79 Å². The van der Waals surface area contributed by atoms with Gasteiger partial charge in [-0.2, -0.15) is 0 Å². The van der Waals surface area contributed by atoms with Crippen LogP contribution < -0.4 is 11.1 Å². The van der Waals surface area contributed by atoms with Crippen molar-refractivity contribution in [1.82, 2.24) is 10.3 Å². The molecular formula is C10H15N3O. The van der Waals surface area contributed by atoms with E-state index in [0.29, 0.717) is 12.2 Å². The third kappa shape index (κ3) is 3.14. The highest BCUT2D eigenvalue weighted by atomic mass is 16.1. The fourth-order valence-corrected chi connectivity index (χ4v) is 1.01. The average Bonchev–Trinajstić information content (AvgIpc) is 2.14. The second kappa shape index (κ2) is 4.72. The molecule has 1 aromatic rings. The molecule has 0 radical (unpaired) electrons. The summed E-state index contributed by atoms with van der Waals surface area (Å²) in [5, 5.41) is 2.70. The van der Waals surface area contributed by atoms with E-state index in [1.807, 2.05) is 26.0 Å². The molecule has 0 aromatic carbocycles. The predicted octanol–water partition coefficient (Wildman–Crippen LogP) is 0.467. The number of hydrogen-bond acceptors (Lipinski definition) is 3. The Kier molecular flexibility index (Phi) is 3.59. The van der Waals surface area contributed by atoms with Gasteiger partial charge in [0.15, 0.2) is 0 Å². The molecule has 4 heteroatoms. The number of amides is 1. The van der Waals surface area contributed by atoms with Gasteiger partial charge in [-0.05, 0) is 26.0 Å². The zero-order valence-electron chi connectivity index (χ0n) is 8.45. The van der Waals surface area contributed by atoms with Gasteiger partial charge in [-0.15, -0.1) is 0 Å². The van der Waals surface area contributed by atoms with Crippen LogP contribution in [0.25, 0.3) is 0 Å². The standard InChI is InChI=1S/C10H15N3O/c1-7(11)6-12-10(14)9-5-3-4-8(2)13-9/h3-5,7H,6,11H2,1-2H3,(H,12,14). The lowest BCUT2D eigenvalue weighted by Crippen LogP contribution is -2.35. The molecule has 1 rings (SSSR count). The van der Waals surface area contributed by atoms with E-state index in [4.69, 9.17) is 5.73 Å². The van der Waals surface area contributed by atoms with Crippen LogP contribution in [0.4, 0.5) is 0 Å². The Morgan fingerprint density at radius 2 is 2.36 bits per heavy atom. The molecule has 1 amide bonds. The molecule has 0 saturated carbocycles. The normalized spacial score (nSPS) is 12.2. The van der Waals surface area contributed by atoms with Crippen LogP contribution in [0, 0.1) is 6.92 Å². The summed E-state index contributed by atoms with van der Waals surface area (Å²) in [6, 6.07) is 5.30. The minimum absolute atomic E-state index is 0.0382. The van der Waals surface area contributed by atoms with Gasteiger partial charge in [-0.25, -0.2) is 4.98 Å². The van der Waals surface area contributed by atoms with Crippen molar-refractivity contribution < 1.29 is 4.79 Å². The van der Waals surface area contributed by atoms with Gasteiger partial charge in [0.05, 0.1) is 0 Å². The van der Waals surface area contributed by atoms with Crippen LogP contribution in [0.15, 0.2) is 18.2 Å². The Balaban J connectivity index is 2.61. The van der Waals surface area contributed by atoms with Crippen molar-refractivity contribution in [3.63, 3.8) is 0 Å². The van der Waals surface area contributed by atoms with Gasteiger partial charge in [0.2, 0.25) is 0 Å². The first-order valence-corrected chi connectivity index (χ1v) is 4.57. The second-order valence-electron chi connectivity index (χ2n) is 3.35. The maximum absolute atomic E-state index is 11.5. The van der Waals surface area contributed by atoms with Crippen molar-refractivity contribution in [3.8, 4) is 0 Å². The zero-order chi connectivity index (χ0) is 10.6. The fraction of sp³-hybridized carbons (Fsp3) is 0.400. The number of carbonyl (C=O) groups excluding carboxylic acids is 1. The molecule has 0 fully saturated rings. The first-order chi connectivity index (χ1) is 6.59. The van der Waals surface area contributed by atoms with Crippen molar-refractivity contribution in [1.29, 1.82) is 0 Å². The van der Waals surface area contributed by atoms with Crippen LogP contribution >= 0.6 is 0 Å². The first kappa shape index (κ1) is 10.7. The average molecular weight is 193 g/mol. The number of rotatable bonds is 3. The number of pyridine rings is 1. The largest absolute Gasteiger partial charge is 0.349 e. The minimum atomic E-state index is -0.175. The molecular weight excluding hydrogens is 178 g/mol. The van der Waals surface area contributed by atoms with E-state index < -0.39 is 0 Å². The predicted molar refractivity (Wildman–Crippen MR) is 55.0 cm³/mol.